The summed E-state index contributed by atoms with van der Waals surface area (Å²) in [5.74, 6) is 0.787. The van der Waals surface area contributed by atoms with Crippen molar-refractivity contribution in [2.45, 2.75) is 18.9 Å². The first kappa shape index (κ1) is 11.6. The Morgan fingerprint density at radius 1 is 1.11 bits per heavy atom. The number of Topliss-reactive ketones (excluding diaryl/α,β-unsaturated/α-hetero) is 1. The Kier molecular flexibility index (Phi) is 2.67. The Morgan fingerprint density at radius 2 is 1.79 bits per heavy atom. The van der Waals surface area contributed by atoms with E-state index in [4.69, 9.17) is 4.74 Å². The molecule has 5 heteroatoms. The molecule has 0 aliphatic heterocycles. The summed E-state index contributed by atoms with van der Waals surface area (Å²) in [4.78, 5) is 21.5. The highest BCUT2D eigenvalue weighted by atomic mass is 16.6. The van der Waals surface area contributed by atoms with Gasteiger partial charge in [-0.25, -0.2) is 0 Å². The molecule has 96 valence electrons. The maximum atomic E-state index is 11.0. The van der Waals surface area contributed by atoms with Crippen LogP contribution < -0.4 is 4.74 Å². The third-order valence-electron chi connectivity index (χ3n) is 3.26. The summed E-state index contributed by atoms with van der Waals surface area (Å²) in [6.45, 7) is 0. The molecule has 5 nitrogen and oxygen atoms in total. The van der Waals surface area contributed by atoms with Crippen LogP contribution in [0, 0.1) is 10.1 Å². The molecule has 0 heterocycles. The molecule has 2 aromatic carbocycles. The first-order valence-electron chi connectivity index (χ1n) is 5.99. The summed E-state index contributed by atoms with van der Waals surface area (Å²) in [7, 11) is 0. The van der Waals surface area contributed by atoms with E-state index in [2.05, 4.69) is 0 Å². The van der Waals surface area contributed by atoms with Crippen LogP contribution in [0.5, 0.6) is 5.75 Å². The van der Waals surface area contributed by atoms with Gasteiger partial charge in [-0.15, -0.1) is 0 Å². The molecular weight excluding hydrogens is 246 g/mol. The quantitative estimate of drug-likeness (QED) is 0.626. The number of carbonyl (C=O) groups excluding carboxylic acids is 1. The van der Waals surface area contributed by atoms with Gasteiger partial charge in [0.1, 0.15) is 17.6 Å². The van der Waals surface area contributed by atoms with Crippen molar-refractivity contribution in [3.63, 3.8) is 0 Å². The molecule has 2 aromatic rings. The normalized spacial score (nSPS) is 15.3. The van der Waals surface area contributed by atoms with E-state index >= 15 is 0 Å². The molecule has 0 atom stereocenters. The van der Waals surface area contributed by atoms with Crippen LogP contribution in [0.2, 0.25) is 0 Å². The number of nitro benzene ring substituents is 1. The maximum absolute atomic E-state index is 11.0. The van der Waals surface area contributed by atoms with Crippen LogP contribution in [0.3, 0.4) is 0 Å². The van der Waals surface area contributed by atoms with Crippen LogP contribution in [-0.4, -0.2) is 16.8 Å². The third-order valence-corrected chi connectivity index (χ3v) is 3.26. The fourth-order valence-electron chi connectivity index (χ4n) is 2.23. The second-order valence-electron chi connectivity index (χ2n) is 4.57. The summed E-state index contributed by atoms with van der Waals surface area (Å²) in [6, 6.07) is 10.1. The zero-order valence-corrected chi connectivity index (χ0v) is 10.0. The molecule has 0 aromatic heterocycles. The number of carbonyl (C=O) groups is 1. The molecule has 0 amide bonds. The number of ketones is 1. The third kappa shape index (κ3) is 2.03. The number of ether oxygens (including phenoxy) is 1. The number of fused-ring (bicyclic) bond motifs is 1. The molecule has 0 radical (unpaired) electrons. The van der Waals surface area contributed by atoms with Gasteiger partial charge >= 0.3 is 0 Å². The van der Waals surface area contributed by atoms with Gasteiger partial charge in [-0.05, 0) is 12.1 Å². The first-order valence-corrected chi connectivity index (χ1v) is 5.99. The van der Waals surface area contributed by atoms with Crippen molar-refractivity contribution in [2.75, 3.05) is 0 Å². The summed E-state index contributed by atoms with van der Waals surface area (Å²) in [6.07, 6.45) is 0.744. The molecule has 19 heavy (non-hydrogen) atoms. The Bertz CT molecular complexity index is 672. The van der Waals surface area contributed by atoms with Gasteiger partial charge in [0.05, 0.1) is 10.3 Å². The van der Waals surface area contributed by atoms with Crippen molar-refractivity contribution in [1.29, 1.82) is 0 Å². The largest absolute Gasteiger partial charge is 0.489 e. The van der Waals surface area contributed by atoms with E-state index in [0.717, 1.165) is 0 Å². The molecule has 1 aliphatic carbocycles. The van der Waals surface area contributed by atoms with Gasteiger partial charge in [-0.3, -0.25) is 14.9 Å². The summed E-state index contributed by atoms with van der Waals surface area (Å²) < 4.78 is 5.73. The van der Waals surface area contributed by atoms with Crippen molar-refractivity contribution in [2.24, 2.45) is 0 Å². The predicted molar refractivity (Wildman–Crippen MR) is 69.3 cm³/mol. The van der Waals surface area contributed by atoms with Crippen LogP contribution in [0.25, 0.3) is 10.8 Å². The highest BCUT2D eigenvalue weighted by Gasteiger charge is 2.29. The molecule has 0 unspecified atom stereocenters. The van der Waals surface area contributed by atoms with Crippen molar-refractivity contribution in [3.8, 4) is 5.75 Å². The molecule has 0 N–H and O–H groups in total. The molecule has 0 saturated heterocycles. The van der Waals surface area contributed by atoms with Crippen molar-refractivity contribution in [3.05, 3.63) is 46.5 Å². The number of hydrogen-bond acceptors (Lipinski definition) is 4. The van der Waals surface area contributed by atoms with Gasteiger partial charge in [0, 0.05) is 24.3 Å². The summed E-state index contributed by atoms with van der Waals surface area (Å²) in [5.41, 5.74) is 0.0626. The second kappa shape index (κ2) is 4.35. The first-order chi connectivity index (χ1) is 9.15. The van der Waals surface area contributed by atoms with E-state index in [0.29, 0.717) is 29.4 Å². The minimum absolute atomic E-state index is 0.0626. The Labute approximate surface area is 108 Å². The minimum atomic E-state index is -0.404. The fraction of sp³-hybridized carbons (Fsp3) is 0.214. The Morgan fingerprint density at radius 3 is 2.42 bits per heavy atom. The van der Waals surface area contributed by atoms with Crippen molar-refractivity contribution in [1.82, 2.24) is 0 Å². The zero-order chi connectivity index (χ0) is 13.4. The van der Waals surface area contributed by atoms with Crippen LogP contribution in [-0.2, 0) is 4.79 Å². The summed E-state index contributed by atoms with van der Waals surface area (Å²) in [5, 5.41) is 12.2. The van der Waals surface area contributed by atoms with Gasteiger partial charge in [0.2, 0.25) is 0 Å². The smallest absolute Gasteiger partial charge is 0.277 e. The lowest BCUT2D eigenvalue weighted by Crippen LogP contribution is -2.33. The highest BCUT2D eigenvalue weighted by molar-refractivity contribution is 5.95. The van der Waals surface area contributed by atoms with Crippen LogP contribution >= 0.6 is 0 Å². The topological polar surface area (TPSA) is 69.4 Å². The monoisotopic (exact) mass is 257 g/mol. The second-order valence-corrected chi connectivity index (χ2v) is 4.57. The average molecular weight is 257 g/mol. The van der Waals surface area contributed by atoms with Crippen molar-refractivity contribution >= 4 is 22.2 Å². The number of nitro groups is 1. The number of nitrogens with zero attached hydrogens (tertiary/aromatic N) is 1. The fourth-order valence-corrected chi connectivity index (χ4v) is 2.23. The van der Waals surface area contributed by atoms with Gasteiger partial charge in [-0.2, -0.15) is 0 Å². The molecule has 1 saturated carbocycles. The predicted octanol–water partition coefficient (Wildman–Crippen LogP) is 2.86. The summed E-state index contributed by atoms with van der Waals surface area (Å²) >= 11 is 0. The van der Waals surface area contributed by atoms with Crippen LogP contribution in [0.1, 0.15) is 12.8 Å². The molecule has 0 spiro atoms. The molecule has 1 aliphatic rings. The van der Waals surface area contributed by atoms with Gasteiger partial charge in [0.15, 0.2) is 0 Å². The van der Waals surface area contributed by atoms with E-state index < -0.39 is 4.92 Å². The van der Waals surface area contributed by atoms with E-state index in [9.17, 15) is 14.9 Å². The van der Waals surface area contributed by atoms with Gasteiger partial charge in [-0.1, -0.05) is 18.2 Å². The van der Waals surface area contributed by atoms with E-state index in [1.54, 1.807) is 24.3 Å². The SMILES string of the molecule is O=C1CC(Oc2ccc([N+](=O)[O-])c3ccccc23)C1. The maximum Gasteiger partial charge on any atom is 0.277 e. The standard InChI is InChI=1S/C14H11NO4/c16-9-7-10(8-9)19-14-6-5-13(15(17)18)11-3-1-2-4-12(11)14/h1-6,10H,7-8H2. The molecule has 1 fully saturated rings. The minimum Gasteiger partial charge on any atom is -0.489 e. The lowest BCUT2D eigenvalue weighted by molar-refractivity contribution is -0.383. The Hall–Kier alpha value is -2.43. The number of hydrogen-bond donors (Lipinski definition) is 0. The molecule has 0 bridgehead atoms. The lowest BCUT2D eigenvalue weighted by atomic mass is 9.94. The van der Waals surface area contributed by atoms with E-state index in [1.807, 2.05) is 6.07 Å². The molecular formula is C14H11NO4. The highest BCUT2D eigenvalue weighted by Crippen LogP contribution is 2.34. The van der Waals surface area contributed by atoms with E-state index in [1.165, 1.54) is 6.07 Å². The Balaban J connectivity index is 2.03. The lowest BCUT2D eigenvalue weighted by Gasteiger charge is -2.25. The van der Waals surface area contributed by atoms with E-state index in [-0.39, 0.29) is 17.6 Å². The van der Waals surface area contributed by atoms with Crippen molar-refractivity contribution < 1.29 is 14.5 Å². The number of benzene rings is 2. The number of non-ortho nitro benzene ring substituents is 1. The molecule has 3 rings (SSSR count). The average Bonchev–Trinajstić information content (AvgIpc) is 2.36. The zero-order valence-electron chi connectivity index (χ0n) is 10.0. The number of rotatable bonds is 3. The van der Waals surface area contributed by atoms with Crippen LogP contribution in [0.15, 0.2) is 36.4 Å². The van der Waals surface area contributed by atoms with Gasteiger partial charge in [0.25, 0.3) is 5.69 Å². The van der Waals surface area contributed by atoms with Gasteiger partial charge < -0.3 is 4.74 Å². The van der Waals surface area contributed by atoms with Crippen LogP contribution in [0.4, 0.5) is 5.69 Å².